The molecule has 7 nitrogen and oxygen atoms in total. The summed E-state index contributed by atoms with van der Waals surface area (Å²) in [7, 11) is -3.58. The second-order valence-electron chi connectivity index (χ2n) is 7.15. The summed E-state index contributed by atoms with van der Waals surface area (Å²) in [5.41, 5.74) is 2.13. The Bertz CT molecular complexity index is 1160. The van der Waals surface area contributed by atoms with Crippen LogP contribution in [0.15, 0.2) is 82.8 Å². The third-order valence-corrected chi connectivity index (χ3v) is 7.86. The molecule has 1 N–H and O–H groups in total. The molecule has 9 heteroatoms. The van der Waals surface area contributed by atoms with Crippen LogP contribution in [0.3, 0.4) is 0 Å². The van der Waals surface area contributed by atoms with Crippen LogP contribution in [0.1, 0.15) is 15.9 Å². The first kappa shape index (κ1) is 22.5. The third-order valence-electron chi connectivity index (χ3n) is 4.93. The summed E-state index contributed by atoms with van der Waals surface area (Å²) in [5.74, 6) is 0.435. The molecular formula is C23H23N3O4S2. The SMILES string of the molecule is O=C(Nc1cccc(CSc2ccccn2)c1)c1ccc(S(=O)(=O)N2CCOCC2)cc1. The summed E-state index contributed by atoms with van der Waals surface area (Å²) < 4.78 is 32.1. The summed E-state index contributed by atoms with van der Waals surface area (Å²) in [6, 6.07) is 19.4. The highest BCUT2D eigenvalue weighted by Gasteiger charge is 2.26. The standard InChI is InChI=1S/C23H23N3O4S2/c27-23(19-7-9-21(10-8-19)32(28,29)26-12-14-30-15-13-26)25-20-5-3-4-18(16-20)17-31-22-6-1-2-11-24-22/h1-11,16H,12-15,17H2,(H,25,27). The molecule has 2 aromatic carbocycles. The zero-order valence-electron chi connectivity index (χ0n) is 17.3. The number of hydrogen-bond donors (Lipinski definition) is 1. The number of carbonyl (C=O) groups excluding carboxylic acids is 1. The number of aromatic nitrogens is 1. The Balaban J connectivity index is 1.39. The first-order chi connectivity index (χ1) is 15.5. The van der Waals surface area contributed by atoms with E-state index in [2.05, 4.69) is 10.3 Å². The van der Waals surface area contributed by atoms with Crippen molar-refractivity contribution in [1.29, 1.82) is 0 Å². The fourth-order valence-electron chi connectivity index (χ4n) is 3.25. The number of morpholine rings is 1. The van der Waals surface area contributed by atoms with Gasteiger partial charge in [0.2, 0.25) is 10.0 Å². The lowest BCUT2D eigenvalue weighted by Crippen LogP contribution is -2.40. The van der Waals surface area contributed by atoms with Gasteiger partial charge in [0.1, 0.15) is 0 Å². The number of anilines is 1. The number of rotatable bonds is 7. The van der Waals surface area contributed by atoms with Crippen LogP contribution in [0, 0.1) is 0 Å². The minimum absolute atomic E-state index is 0.171. The Morgan fingerprint density at radius 3 is 2.53 bits per heavy atom. The summed E-state index contributed by atoms with van der Waals surface area (Å²) in [6.45, 7) is 1.44. The molecule has 4 rings (SSSR count). The van der Waals surface area contributed by atoms with Crippen LogP contribution in [-0.2, 0) is 20.5 Å². The number of benzene rings is 2. The number of ether oxygens (including phenoxy) is 1. The first-order valence-corrected chi connectivity index (χ1v) is 12.6. The van der Waals surface area contributed by atoms with Crippen molar-refractivity contribution in [3.63, 3.8) is 0 Å². The highest BCUT2D eigenvalue weighted by atomic mass is 32.2. The van der Waals surface area contributed by atoms with Crippen molar-refractivity contribution < 1.29 is 17.9 Å². The molecule has 1 amide bonds. The molecular weight excluding hydrogens is 446 g/mol. The number of nitrogens with zero attached hydrogens (tertiary/aromatic N) is 2. The van der Waals surface area contributed by atoms with E-state index in [-0.39, 0.29) is 10.8 Å². The average Bonchev–Trinajstić information content (AvgIpc) is 2.84. The minimum atomic E-state index is -3.58. The molecule has 1 aromatic heterocycles. The van der Waals surface area contributed by atoms with E-state index in [4.69, 9.17) is 4.74 Å². The minimum Gasteiger partial charge on any atom is -0.379 e. The van der Waals surface area contributed by atoms with E-state index in [0.717, 1.165) is 16.3 Å². The summed E-state index contributed by atoms with van der Waals surface area (Å²) in [5, 5.41) is 3.82. The summed E-state index contributed by atoms with van der Waals surface area (Å²) in [6.07, 6.45) is 1.76. The van der Waals surface area contributed by atoms with Gasteiger partial charge in [-0.2, -0.15) is 4.31 Å². The van der Waals surface area contributed by atoms with Gasteiger partial charge in [-0.1, -0.05) is 18.2 Å². The molecule has 0 saturated carbocycles. The maximum absolute atomic E-state index is 12.7. The van der Waals surface area contributed by atoms with E-state index in [1.165, 1.54) is 28.6 Å². The first-order valence-electron chi connectivity index (χ1n) is 10.1. The molecule has 1 fully saturated rings. The van der Waals surface area contributed by atoms with Crippen LogP contribution in [0.5, 0.6) is 0 Å². The predicted octanol–water partition coefficient (Wildman–Crippen LogP) is 3.65. The Morgan fingerprint density at radius 2 is 1.81 bits per heavy atom. The van der Waals surface area contributed by atoms with Gasteiger partial charge in [-0.15, -0.1) is 11.8 Å². The number of thioether (sulfide) groups is 1. The van der Waals surface area contributed by atoms with Crippen molar-refractivity contribution >= 4 is 33.4 Å². The van der Waals surface area contributed by atoms with Gasteiger partial charge in [0.25, 0.3) is 5.91 Å². The van der Waals surface area contributed by atoms with Gasteiger partial charge in [0.05, 0.1) is 23.1 Å². The lowest BCUT2D eigenvalue weighted by molar-refractivity contribution is 0.0730. The molecule has 0 aliphatic carbocycles. The van der Waals surface area contributed by atoms with E-state index >= 15 is 0 Å². The molecule has 1 saturated heterocycles. The maximum atomic E-state index is 12.7. The van der Waals surface area contributed by atoms with E-state index in [1.807, 2.05) is 42.5 Å². The molecule has 0 bridgehead atoms. The Morgan fingerprint density at radius 1 is 1.03 bits per heavy atom. The quantitative estimate of drug-likeness (QED) is 0.532. The Kier molecular flexibility index (Phi) is 7.21. The third kappa shape index (κ3) is 5.55. The Hall–Kier alpha value is -2.72. The van der Waals surface area contributed by atoms with Crippen LogP contribution in [0.25, 0.3) is 0 Å². The summed E-state index contributed by atoms with van der Waals surface area (Å²) >= 11 is 1.62. The number of pyridine rings is 1. The van der Waals surface area contributed by atoms with E-state index in [9.17, 15) is 13.2 Å². The second kappa shape index (κ2) is 10.3. The van der Waals surface area contributed by atoms with Crippen molar-refractivity contribution in [2.75, 3.05) is 31.6 Å². The normalized spacial score (nSPS) is 14.8. The molecule has 32 heavy (non-hydrogen) atoms. The van der Waals surface area contributed by atoms with Crippen molar-refractivity contribution in [3.8, 4) is 0 Å². The van der Waals surface area contributed by atoms with E-state index < -0.39 is 10.0 Å². The fourth-order valence-corrected chi connectivity index (χ4v) is 5.46. The second-order valence-corrected chi connectivity index (χ2v) is 10.1. The van der Waals surface area contributed by atoms with Crippen LogP contribution in [0.4, 0.5) is 5.69 Å². The molecule has 0 unspecified atom stereocenters. The number of hydrogen-bond acceptors (Lipinski definition) is 6. The van der Waals surface area contributed by atoms with Crippen LogP contribution < -0.4 is 5.32 Å². The highest BCUT2D eigenvalue weighted by molar-refractivity contribution is 7.98. The zero-order chi connectivity index (χ0) is 22.4. The zero-order valence-corrected chi connectivity index (χ0v) is 18.9. The van der Waals surface area contributed by atoms with Crippen molar-refractivity contribution in [2.45, 2.75) is 15.7 Å². The van der Waals surface area contributed by atoms with Crippen molar-refractivity contribution in [1.82, 2.24) is 9.29 Å². The molecule has 2 heterocycles. The largest absolute Gasteiger partial charge is 0.379 e. The highest BCUT2D eigenvalue weighted by Crippen LogP contribution is 2.23. The van der Waals surface area contributed by atoms with Crippen molar-refractivity contribution in [2.24, 2.45) is 0 Å². The smallest absolute Gasteiger partial charge is 0.255 e. The fraction of sp³-hybridized carbons (Fsp3) is 0.217. The average molecular weight is 470 g/mol. The molecule has 1 aliphatic heterocycles. The van der Waals surface area contributed by atoms with E-state index in [0.29, 0.717) is 37.6 Å². The van der Waals surface area contributed by atoms with Gasteiger partial charge in [-0.05, 0) is 54.1 Å². The van der Waals surface area contributed by atoms with Gasteiger partial charge >= 0.3 is 0 Å². The molecule has 0 spiro atoms. The molecule has 0 atom stereocenters. The Labute approximate surface area is 191 Å². The van der Waals surface area contributed by atoms with Crippen LogP contribution >= 0.6 is 11.8 Å². The van der Waals surface area contributed by atoms with E-state index in [1.54, 1.807) is 18.0 Å². The van der Waals surface area contributed by atoms with Gasteiger partial charge in [0.15, 0.2) is 0 Å². The number of amides is 1. The van der Waals surface area contributed by atoms with Crippen molar-refractivity contribution in [3.05, 3.63) is 84.1 Å². The number of carbonyl (C=O) groups is 1. The van der Waals surface area contributed by atoms with Gasteiger partial charge in [-0.25, -0.2) is 13.4 Å². The monoisotopic (exact) mass is 469 g/mol. The maximum Gasteiger partial charge on any atom is 0.255 e. The molecule has 3 aromatic rings. The summed E-state index contributed by atoms with van der Waals surface area (Å²) in [4.78, 5) is 17.1. The topological polar surface area (TPSA) is 88.6 Å². The van der Waals surface area contributed by atoms with Gasteiger partial charge < -0.3 is 10.1 Å². The number of nitrogens with one attached hydrogen (secondary N) is 1. The van der Waals surface area contributed by atoms with Gasteiger partial charge in [-0.3, -0.25) is 4.79 Å². The predicted molar refractivity (Wildman–Crippen MR) is 124 cm³/mol. The lowest BCUT2D eigenvalue weighted by Gasteiger charge is -2.26. The molecule has 0 radical (unpaired) electrons. The molecule has 1 aliphatic rings. The lowest BCUT2D eigenvalue weighted by atomic mass is 10.2. The van der Waals surface area contributed by atoms with Gasteiger partial charge in [0, 0.05) is 36.3 Å². The number of sulfonamides is 1. The van der Waals surface area contributed by atoms with Crippen LogP contribution in [-0.4, -0.2) is 49.9 Å². The molecule has 166 valence electrons. The van der Waals surface area contributed by atoms with Crippen LogP contribution in [0.2, 0.25) is 0 Å².